The molecule has 0 saturated carbocycles. The minimum absolute atomic E-state index is 0.0324. The number of fused-ring (bicyclic) bond motifs is 1. The molecule has 0 spiro atoms. The highest BCUT2D eigenvalue weighted by atomic mass is 32.1. The van der Waals surface area contributed by atoms with Crippen molar-refractivity contribution in [2.45, 2.75) is 46.0 Å². The molecule has 0 aliphatic heterocycles. The lowest BCUT2D eigenvalue weighted by Gasteiger charge is -2.21. The maximum atomic E-state index is 13.1. The van der Waals surface area contributed by atoms with Gasteiger partial charge in [-0.25, -0.2) is 4.98 Å². The van der Waals surface area contributed by atoms with Gasteiger partial charge in [-0.05, 0) is 63.3 Å². The van der Waals surface area contributed by atoms with Crippen LogP contribution in [0, 0.1) is 20.8 Å². The molecule has 0 fully saturated rings. The molecule has 5 nitrogen and oxygen atoms in total. The average Bonchev–Trinajstić information content (AvgIpc) is 3.13. The highest BCUT2D eigenvalue weighted by Gasteiger charge is 2.31. The van der Waals surface area contributed by atoms with Gasteiger partial charge in [0.05, 0.1) is 11.6 Å². The van der Waals surface area contributed by atoms with Crippen LogP contribution in [0.5, 0.6) is 0 Å². The number of hydrogen-bond acceptors (Lipinski definition) is 4. The zero-order valence-electron chi connectivity index (χ0n) is 17.4. The molecular formula is C24H25N3O2S. The number of hydrogen-bond donors (Lipinski definition) is 2. The van der Waals surface area contributed by atoms with Crippen molar-refractivity contribution in [2.24, 2.45) is 0 Å². The quantitative estimate of drug-likeness (QED) is 0.596. The van der Waals surface area contributed by atoms with Crippen molar-refractivity contribution in [3.8, 4) is 0 Å². The van der Waals surface area contributed by atoms with E-state index >= 15 is 0 Å². The first-order chi connectivity index (χ1) is 14.4. The number of aromatic nitrogens is 1. The maximum absolute atomic E-state index is 13.1. The van der Waals surface area contributed by atoms with Crippen molar-refractivity contribution >= 4 is 34.0 Å². The monoisotopic (exact) mass is 419 g/mol. The van der Waals surface area contributed by atoms with Gasteiger partial charge in [0.1, 0.15) is 0 Å². The molecule has 6 heteroatoms. The van der Waals surface area contributed by atoms with Crippen molar-refractivity contribution in [1.29, 1.82) is 0 Å². The molecule has 0 bridgehead atoms. The molecule has 1 atom stereocenters. The first-order valence-electron chi connectivity index (χ1n) is 10.2. The Labute approximate surface area is 180 Å². The molecule has 30 heavy (non-hydrogen) atoms. The Bertz CT molecular complexity index is 1080. The van der Waals surface area contributed by atoms with E-state index in [1.165, 1.54) is 11.3 Å². The van der Waals surface area contributed by atoms with Gasteiger partial charge in [0.15, 0.2) is 5.13 Å². The van der Waals surface area contributed by atoms with Crippen LogP contribution in [0.4, 0.5) is 10.8 Å². The molecule has 0 saturated heterocycles. The Kier molecular flexibility index (Phi) is 5.68. The summed E-state index contributed by atoms with van der Waals surface area (Å²) in [5.41, 5.74) is 5.46. The van der Waals surface area contributed by atoms with Gasteiger partial charge in [0.25, 0.3) is 5.91 Å². The predicted octanol–water partition coefficient (Wildman–Crippen LogP) is 5.38. The van der Waals surface area contributed by atoms with Crippen molar-refractivity contribution in [2.75, 3.05) is 10.6 Å². The number of rotatable bonds is 4. The van der Waals surface area contributed by atoms with E-state index in [1.807, 2.05) is 51.1 Å². The molecule has 154 valence electrons. The zero-order chi connectivity index (χ0) is 21.3. The lowest BCUT2D eigenvalue weighted by atomic mass is 9.90. The summed E-state index contributed by atoms with van der Waals surface area (Å²) in [5.74, 6) is -0.512. The van der Waals surface area contributed by atoms with Gasteiger partial charge in [-0.1, -0.05) is 35.9 Å². The SMILES string of the molecule is Cc1ccc(C(=O)Nc2nc3c(s2)CCCC3C(=O)Nc2c(C)cccc2C)cc1. The van der Waals surface area contributed by atoms with E-state index < -0.39 is 0 Å². The molecule has 4 rings (SSSR count). The summed E-state index contributed by atoms with van der Waals surface area (Å²) < 4.78 is 0. The molecule has 2 amide bonds. The summed E-state index contributed by atoms with van der Waals surface area (Å²) in [6.07, 6.45) is 2.59. The molecular weight excluding hydrogens is 394 g/mol. The van der Waals surface area contributed by atoms with Crippen LogP contribution >= 0.6 is 11.3 Å². The molecule has 0 radical (unpaired) electrons. The maximum Gasteiger partial charge on any atom is 0.257 e. The minimum atomic E-state index is -0.297. The van der Waals surface area contributed by atoms with Crippen LogP contribution in [0.1, 0.15) is 56.4 Å². The summed E-state index contributed by atoms with van der Waals surface area (Å²) >= 11 is 1.47. The fourth-order valence-electron chi connectivity index (χ4n) is 3.82. The zero-order valence-corrected chi connectivity index (χ0v) is 18.2. The molecule has 1 aliphatic rings. The summed E-state index contributed by atoms with van der Waals surface area (Å²) in [6.45, 7) is 5.98. The summed E-state index contributed by atoms with van der Waals surface area (Å²) in [5, 5.41) is 6.56. The smallest absolute Gasteiger partial charge is 0.257 e. The summed E-state index contributed by atoms with van der Waals surface area (Å²) in [4.78, 5) is 31.4. The Morgan fingerprint density at radius 2 is 1.70 bits per heavy atom. The molecule has 1 aromatic heterocycles. The van der Waals surface area contributed by atoms with Gasteiger partial charge in [-0.15, -0.1) is 11.3 Å². The Hall–Kier alpha value is -2.99. The fourth-order valence-corrected chi connectivity index (χ4v) is 4.88. The number of benzene rings is 2. The number of aryl methyl sites for hydroxylation is 4. The Balaban J connectivity index is 1.53. The lowest BCUT2D eigenvalue weighted by molar-refractivity contribution is -0.118. The standard InChI is InChI=1S/C24H25N3O2S/c1-14-10-12-17(13-11-14)22(28)27-24-26-21-18(8-5-9-19(21)30-24)23(29)25-20-15(2)6-4-7-16(20)3/h4,6-7,10-13,18H,5,8-9H2,1-3H3,(H,25,29)(H,26,27,28). The topological polar surface area (TPSA) is 71.1 Å². The second-order valence-corrected chi connectivity index (χ2v) is 8.93. The number of nitrogens with one attached hydrogen (secondary N) is 2. The molecule has 2 aromatic carbocycles. The van der Waals surface area contributed by atoms with Gasteiger partial charge < -0.3 is 5.32 Å². The van der Waals surface area contributed by atoms with Gasteiger partial charge in [-0.3, -0.25) is 14.9 Å². The van der Waals surface area contributed by atoms with E-state index in [-0.39, 0.29) is 17.7 Å². The predicted molar refractivity (Wildman–Crippen MR) is 121 cm³/mol. The van der Waals surface area contributed by atoms with Crippen LogP contribution < -0.4 is 10.6 Å². The minimum Gasteiger partial charge on any atom is -0.325 e. The first-order valence-corrected chi connectivity index (χ1v) is 11.0. The number of anilines is 2. The Morgan fingerprint density at radius 1 is 1.00 bits per heavy atom. The average molecular weight is 420 g/mol. The number of amides is 2. The molecule has 1 unspecified atom stereocenters. The van der Waals surface area contributed by atoms with Gasteiger partial charge in [-0.2, -0.15) is 0 Å². The van der Waals surface area contributed by atoms with Crippen LogP contribution in [0.15, 0.2) is 42.5 Å². The fraction of sp³-hybridized carbons (Fsp3) is 0.292. The van der Waals surface area contributed by atoms with Crippen LogP contribution in [-0.2, 0) is 11.2 Å². The van der Waals surface area contributed by atoms with Crippen LogP contribution in [-0.4, -0.2) is 16.8 Å². The second kappa shape index (κ2) is 8.40. The third-order valence-electron chi connectivity index (χ3n) is 5.53. The van der Waals surface area contributed by atoms with Crippen molar-refractivity contribution in [3.63, 3.8) is 0 Å². The van der Waals surface area contributed by atoms with Gasteiger partial charge in [0.2, 0.25) is 5.91 Å². The van der Waals surface area contributed by atoms with Gasteiger partial charge in [0, 0.05) is 16.1 Å². The number of para-hydroxylation sites is 1. The van der Waals surface area contributed by atoms with Crippen LogP contribution in [0.2, 0.25) is 0 Å². The lowest BCUT2D eigenvalue weighted by Crippen LogP contribution is -2.25. The highest BCUT2D eigenvalue weighted by molar-refractivity contribution is 7.16. The van der Waals surface area contributed by atoms with E-state index in [0.717, 1.165) is 52.2 Å². The third-order valence-corrected chi connectivity index (χ3v) is 6.58. The summed E-state index contributed by atoms with van der Waals surface area (Å²) in [6, 6.07) is 13.4. The van der Waals surface area contributed by atoms with E-state index in [9.17, 15) is 9.59 Å². The largest absolute Gasteiger partial charge is 0.325 e. The van der Waals surface area contributed by atoms with Crippen molar-refractivity contribution < 1.29 is 9.59 Å². The van der Waals surface area contributed by atoms with E-state index in [4.69, 9.17) is 0 Å². The summed E-state index contributed by atoms with van der Waals surface area (Å²) in [7, 11) is 0. The van der Waals surface area contributed by atoms with Crippen molar-refractivity contribution in [3.05, 3.63) is 75.3 Å². The number of carbonyl (C=O) groups excluding carboxylic acids is 2. The Morgan fingerprint density at radius 3 is 2.40 bits per heavy atom. The third kappa shape index (κ3) is 4.14. The first kappa shape index (κ1) is 20.3. The van der Waals surface area contributed by atoms with E-state index in [2.05, 4.69) is 15.6 Å². The number of thiazole rings is 1. The molecule has 1 heterocycles. The van der Waals surface area contributed by atoms with Crippen LogP contribution in [0.25, 0.3) is 0 Å². The second-order valence-electron chi connectivity index (χ2n) is 7.85. The van der Waals surface area contributed by atoms with E-state index in [1.54, 1.807) is 12.1 Å². The highest BCUT2D eigenvalue weighted by Crippen LogP contribution is 2.37. The van der Waals surface area contributed by atoms with E-state index in [0.29, 0.717) is 10.7 Å². The van der Waals surface area contributed by atoms with Crippen LogP contribution in [0.3, 0.4) is 0 Å². The van der Waals surface area contributed by atoms with Crippen molar-refractivity contribution in [1.82, 2.24) is 4.98 Å². The molecule has 1 aliphatic carbocycles. The van der Waals surface area contributed by atoms with Gasteiger partial charge >= 0.3 is 0 Å². The number of nitrogens with zero attached hydrogens (tertiary/aromatic N) is 1. The normalized spacial score (nSPS) is 15.4. The molecule has 2 N–H and O–H groups in total. The number of carbonyl (C=O) groups is 2. The molecule has 3 aromatic rings.